The highest BCUT2D eigenvalue weighted by Crippen LogP contribution is 2.47. The first kappa shape index (κ1) is 37.3. The van der Waals surface area contributed by atoms with Gasteiger partial charge in [-0.1, -0.05) is 31.5 Å². The summed E-state index contributed by atoms with van der Waals surface area (Å²) in [4.78, 5) is 12.9. The molecular formula is C33H46ClN6O5P. The van der Waals surface area contributed by atoms with Gasteiger partial charge in [0.2, 0.25) is 0 Å². The molecule has 3 rings (SSSR count). The molecule has 1 aliphatic rings. The standard InChI is InChI=1S/C33H46ClN6O5P/c1-23(2)22-39(24(3)4)46(45-17-11-14-35)44-16-10-9-15-38-31-20-32(43-8)30(19-27(31)25(5)21-33(38,6)7)37-36-29-13-12-26(40(41)42)18-28(29)34/h12-13,18-21,23-24H,9-11,15-17,22H2,1-8H3. The lowest BCUT2D eigenvalue weighted by Gasteiger charge is -2.43. The van der Waals surface area contributed by atoms with Crippen molar-refractivity contribution in [3.05, 3.63) is 57.1 Å². The molecule has 0 N–H and O–H groups in total. The third-order valence-corrected chi connectivity index (χ3v) is 9.59. The number of nitro benzene ring substituents is 1. The Bertz CT molecular complexity index is 1460. The highest BCUT2D eigenvalue weighted by Gasteiger charge is 2.32. The van der Waals surface area contributed by atoms with Crippen molar-refractivity contribution in [2.24, 2.45) is 16.1 Å². The molecule has 0 bridgehead atoms. The van der Waals surface area contributed by atoms with Crippen LogP contribution in [0.1, 0.15) is 73.3 Å². The Morgan fingerprint density at radius 3 is 2.41 bits per heavy atom. The van der Waals surface area contributed by atoms with E-state index in [-0.39, 0.29) is 22.3 Å². The van der Waals surface area contributed by atoms with E-state index in [1.165, 1.54) is 18.2 Å². The van der Waals surface area contributed by atoms with Crippen molar-refractivity contribution in [3.8, 4) is 11.8 Å². The number of fused-ring (bicyclic) bond motifs is 1. The number of nitriles is 1. The van der Waals surface area contributed by atoms with Gasteiger partial charge in [0, 0.05) is 48.6 Å². The Morgan fingerprint density at radius 1 is 1.11 bits per heavy atom. The first-order valence-electron chi connectivity index (χ1n) is 15.5. The summed E-state index contributed by atoms with van der Waals surface area (Å²) >= 11 is 6.23. The lowest BCUT2D eigenvalue weighted by molar-refractivity contribution is -0.384. The van der Waals surface area contributed by atoms with Crippen LogP contribution in [0.5, 0.6) is 5.75 Å². The number of ether oxygens (including phenoxy) is 1. The van der Waals surface area contributed by atoms with Crippen LogP contribution in [0.15, 0.2) is 46.6 Å². The van der Waals surface area contributed by atoms with E-state index >= 15 is 0 Å². The summed E-state index contributed by atoms with van der Waals surface area (Å²) in [6.07, 6.45) is 4.33. The molecule has 0 spiro atoms. The van der Waals surface area contributed by atoms with E-state index in [4.69, 9.17) is 30.6 Å². The normalized spacial score (nSPS) is 14.9. The highest BCUT2D eigenvalue weighted by atomic mass is 35.5. The molecule has 0 amide bonds. The van der Waals surface area contributed by atoms with Crippen LogP contribution in [0.2, 0.25) is 5.02 Å². The quantitative estimate of drug-likeness (QED) is 0.0534. The fraction of sp³-hybridized carbons (Fsp3) is 0.545. The lowest BCUT2D eigenvalue weighted by Crippen LogP contribution is -2.45. The number of non-ortho nitro benzene ring substituents is 1. The van der Waals surface area contributed by atoms with Crippen LogP contribution in [-0.2, 0) is 9.05 Å². The number of nitrogens with zero attached hydrogens (tertiary/aromatic N) is 6. The van der Waals surface area contributed by atoms with Crippen molar-refractivity contribution in [2.75, 3.05) is 38.3 Å². The number of nitro groups is 1. The van der Waals surface area contributed by atoms with Crippen molar-refractivity contribution in [2.45, 2.75) is 79.3 Å². The third-order valence-electron chi connectivity index (χ3n) is 7.44. The summed E-state index contributed by atoms with van der Waals surface area (Å²) in [5.74, 6) is 1.02. The molecule has 0 saturated carbocycles. The van der Waals surface area contributed by atoms with E-state index in [1.807, 2.05) is 12.1 Å². The Morgan fingerprint density at radius 2 is 1.80 bits per heavy atom. The van der Waals surface area contributed by atoms with Crippen LogP contribution in [0.25, 0.3) is 5.57 Å². The lowest BCUT2D eigenvalue weighted by atomic mass is 9.88. The van der Waals surface area contributed by atoms with E-state index in [1.54, 1.807) is 7.11 Å². The summed E-state index contributed by atoms with van der Waals surface area (Å²) in [6.45, 7) is 17.7. The molecule has 13 heteroatoms. The van der Waals surface area contributed by atoms with Crippen molar-refractivity contribution in [3.63, 3.8) is 0 Å². The first-order valence-corrected chi connectivity index (χ1v) is 17.0. The molecule has 0 saturated heterocycles. The molecule has 2 aromatic carbocycles. The van der Waals surface area contributed by atoms with Gasteiger partial charge in [0.1, 0.15) is 17.1 Å². The summed E-state index contributed by atoms with van der Waals surface area (Å²) in [5, 5.41) is 28.9. The topological polar surface area (TPSA) is 126 Å². The maximum absolute atomic E-state index is 11.1. The minimum absolute atomic E-state index is 0.112. The zero-order valence-electron chi connectivity index (χ0n) is 28.1. The molecule has 1 aliphatic heterocycles. The number of allylic oxidation sites excluding steroid dienone is 1. The number of benzene rings is 2. The number of halogens is 1. The number of unbranched alkanes of at least 4 members (excludes halogenated alkanes) is 1. The van der Waals surface area contributed by atoms with Crippen LogP contribution < -0.4 is 9.64 Å². The summed E-state index contributed by atoms with van der Waals surface area (Å²) < 4.78 is 20.4. The Kier molecular flexibility index (Phi) is 13.9. The zero-order chi connectivity index (χ0) is 34.0. The number of anilines is 1. The average molecular weight is 673 g/mol. The fourth-order valence-corrected chi connectivity index (χ4v) is 7.20. The second kappa shape index (κ2) is 17.1. The van der Waals surface area contributed by atoms with Crippen molar-refractivity contribution in [1.82, 2.24) is 4.67 Å². The molecule has 1 atom stereocenters. The summed E-state index contributed by atoms with van der Waals surface area (Å²) in [7, 11) is 0.333. The van der Waals surface area contributed by atoms with Gasteiger partial charge in [0.15, 0.2) is 0 Å². The van der Waals surface area contributed by atoms with Gasteiger partial charge in [-0.3, -0.25) is 10.1 Å². The summed E-state index contributed by atoms with van der Waals surface area (Å²) in [5.41, 5.74) is 3.68. The third kappa shape index (κ3) is 9.93. The molecule has 46 heavy (non-hydrogen) atoms. The van der Waals surface area contributed by atoms with Gasteiger partial charge in [-0.15, -0.1) is 10.2 Å². The van der Waals surface area contributed by atoms with Crippen LogP contribution in [0.3, 0.4) is 0 Å². The molecule has 2 aromatic rings. The van der Waals surface area contributed by atoms with Crippen LogP contribution in [0, 0.1) is 27.4 Å². The molecule has 0 aromatic heterocycles. The second-order valence-electron chi connectivity index (χ2n) is 12.4. The largest absolute Gasteiger partial charge is 0.494 e. The van der Waals surface area contributed by atoms with E-state index in [0.29, 0.717) is 42.7 Å². The first-order chi connectivity index (χ1) is 21.8. The Balaban J connectivity index is 1.76. The molecule has 0 fully saturated rings. The molecule has 0 aliphatic carbocycles. The van der Waals surface area contributed by atoms with Gasteiger partial charge in [-0.2, -0.15) is 5.26 Å². The SMILES string of the molecule is COc1cc2c(cc1N=Nc1ccc([N+](=O)[O-])cc1Cl)C(C)=CC(C)(C)N2CCCCOP(OCCC#N)N(CC(C)C)C(C)C. The van der Waals surface area contributed by atoms with Crippen molar-refractivity contribution < 1.29 is 18.7 Å². The van der Waals surface area contributed by atoms with E-state index < -0.39 is 13.4 Å². The van der Waals surface area contributed by atoms with E-state index in [2.05, 4.69) is 80.4 Å². The summed E-state index contributed by atoms with van der Waals surface area (Å²) in [6, 6.07) is 10.4. The van der Waals surface area contributed by atoms with Crippen LogP contribution >= 0.6 is 20.1 Å². The predicted octanol–water partition coefficient (Wildman–Crippen LogP) is 9.99. The van der Waals surface area contributed by atoms with Gasteiger partial charge < -0.3 is 18.7 Å². The molecule has 250 valence electrons. The second-order valence-corrected chi connectivity index (χ2v) is 14.3. The number of methoxy groups -OCH3 is 1. The molecule has 1 unspecified atom stereocenters. The fourth-order valence-electron chi connectivity index (χ4n) is 5.25. The highest BCUT2D eigenvalue weighted by molar-refractivity contribution is 7.44. The van der Waals surface area contributed by atoms with Gasteiger partial charge in [0.25, 0.3) is 14.2 Å². The Labute approximate surface area is 279 Å². The molecule has 11 nitrogen and oxygen atoms in total. The van der Waals surface area contributed by atoms with Gasteiger partial charge in [-0.05, 0) is 71.1 Å². The van der Waals surface area contributed by atoms with E-state index in [0.717, 1.165) is 42.8 Å². The predicted molar refractivity (Wildman–Crippen MR) is 185 cm³/mol. The number of hydrogen-bond acceptors (Lipinski definition) is 10. The minimum atomic E-state index is -1.26. The Hall–Kier alpha value is -3.13. The average Bonchev–Trinajstić information content (AvgIpc) is 2.98. The molecule has 0 radical (unpaired) electrons. The van der Waals surface area contributed by atoms with Crippen molar-refractivity contribution in [1.29, 1.82) is 5.26 Å². The monoisotopic (exact) mass is 672 g/mol. The molecular weight excluding hydrogens is 627 g/mol. The number of rotatable bonds is 17. The van der Waals surface area contributed by atoms with Gasteiger partial charge >= 0.3 is 0 Å². The van der Waals surface area contributed by atoms with Gasteiger partial charge in [-0.25, -0.2) is 4.67 Å². The molecule has 1 heterocycles. The number of hydrogen-bond donors (Lipinski definition) is 0. The maximum atomic E-state index is 11.1. The van der Waals surface area contributed by atoms with Crippen molar-refractivity contribution >= 4 is 48.4 Å². The van der Waals surface area contributed by atoms with Crippen LogP contribution in [0.4, 0.5) is 22.7 Å². The smallest absolute Gasteiger partial charge is 0.271 e. The minimum Gasteiger partial charge on any atom is -0.494 e. The zero-order valence-corrected chi connectivity index (χ0v) is 29.8. The van der Waals surface area contributed by atoms with Gasteiger partial charge in [0.05, 0.1) is 48.3 Å². The van der Waals surface area contributed by atoms with E-state index in [9.17, 15) is 10.1 Å². The number of azo groups is 1. The maximum Gasteiger partial charge on any atom is 0.271 e. The van der Waals surface area contributed by atoms with Crippen LogP contribution in [-0.4, -0.2) is 54.6 Å².